The molecule has 0 bridgehead atoms. The molecule has 0 fully saturated rings. The van der Waals surface area contributed by atoms with Gasteiger partial charge in [-0.05, 0) is 67.3 Å². The fourth-order valence-electron chi connectivity index (χ4n) is 7.73. The van der Waals surface area contributed by atoms with Crippen molar-refractivity contribution in [3.63, 3.8) is 0 Å². The van der Waals surface area contributed by atoms with E-state index >= 15 is 0 Å². The summed E-state index contributed by atoms with van der Waals surface area (Å²) in [6.45, 7) is 7.18. The number of nitrogens with zero attached hydrogens (tertiary/aromatic N) is 2. The third-order valence-corrected chi connectivity index (χ3v) is 13.6. The fourth-order valence-corrected chi connectivity index (χ4v) is 9.21. The van der Waals surface area contributed by atoms with E-state index in [4.69, 9.17) is 47.4 Å². The molecule has 404 valence electrons. The molecular formula is C47H66N2Na2O20S3. The molecule has 2 heterocycles. The number of fused-ring (bicyclic) bond motifs is 2. The zero-order valence-electron chi connectivity index (χ0n) is 42.6. The minimum absolute atomic E-state index is 0. The summed E-state index contributed by atoms with van der Waals surface area (Å²) in [5, 5.41) is 9.36. The van der Waals surface area contributed by atoms with Gasteiger partial charge >= 0.3 is 65.1 Å². The number of ether oxygens (including phenoxy) is 8. The second-order valence-corrected chi connectivity index (χ2v) is 20.9. The molecule has 1 aromatic rings. The van der Waals surface area contributed by atoms with Crippen LogP contribution in [0.5, 0.6) is 0 Å². The van der Waals surface area contributed by atoms with Crippen molar-refractivity contribution in [2.75, 3.05) is 142 Å². The summed E-state index contributed by atoms with van der Waals surface area (Å²) in [5.74, 6) is -1.66. The van der Waals surface area contributed by atoms with Crippen molar-refractivity contribution in [2.45, 2.75) is 42.9 Å². The third kappa shape index (κ3) is 25.1. The predicted octanol–water partition coefficient (Wildman–Crippen LogP) is -3.76. The van der Waals surface area contributed by atoms with Gasteiger partial charge in [-0.25, -0.2) is 29.8 Å². The molecule has 0 radical (unpaired) electrons. The first-order valence-corrected chi connectivity index (χ1v) is 27.9. The molecule has 3 aliphatic rings. The fraction of sp³-hybridized carbons (Fsp3) is 0.574. The molecule has 1 atom stereocenters. The first-order chi connectivity index (χ1) is 34.3. The van der Waals surface area contributed by atoms with E-state index in [1.807, 2.05) is 27.7 Å². The molecule has 0 amide bonds. The number of carbonyl (C=O) groups is 1. The summed E-state index contributed by atoms with van der Waals surface area (Å²) in [5.41, 5.74) is 1.99. The number of methoxy groups -OCH3 is 1. The van der Waals surface area contributed by atoms with Crippen LogP contribution in [0, 0.1) is 0 Å². The standard InChI is InChI=1S/C47H68N2O20S3.2Na/c1-47(14-4-34-70(52,53)54)42-37-40(72(58,59)60)9-11-43(42)49(17-21-64-26-29-68-33-32-66-27-24-62-18-13-46(50)51)45(47)7-3-6-38-12-19-69-44-36-39(8-10-41(38)44)48(15-5-35-71(55,56)57)16-20-63-25-28-67-31-30-65-23-22-61-2;;/h3,6-12,19,36-37H,4-5,13-18,20-35H2,1-2H3,(H3-,50,51,52,53,54,55,56,57,58,59,60);;/q;2*+1/p-2. The number of allylic oxidation sites excluding steroid dienone is 3. The number of hydrogen-bond acceptors (Lipinski definition) is 20. The van der Waals surface area contributed by atoms with E-state index in [2.05, 4.69) is 0 Å². The van der Waals surface area contributed by atoms with E-state index < -0.39 is 58.1 Å². The maximum Gasteiger partial charge on any atom is 1.00 e. The topological polar surface area (TPSA) is 302 Å². The van der Waals surface area contributed by atoms with Crippen molar-refractivity contribution in [2.24, 2.45) is 0 Å². The van der Waals surface area contributed by atoms with Crippen LogP contribution in [0.15, 0.2) is 75.9 Å². The van der Waals surface area contributed by atoms with Crippen LogP contribution in [0.3, 0.4) is 0 Å². The molecule has 0 aromatic heterocycles. The van der Waals surface area contributed by atoms with E-state index in [-0.39, 0.29) is 157 Å². The summed E-state index contributed by atoms with van der Waals surface area (Å²) in [7, 11) is -12.3. The van der Waals surface area contributed by atoms with E-state index in [0.29, 0.717) is 79.8 Å². The molecule has 1 aromatic carbocycles. The van der Waals surface area contributed by atoms with E-state index in [1.54, 1.807) is 38.3 Å². The second-order valence-electron chi connectivity index (χ2n) is 16.5. The largest absolute Gasteiger partial charge is 1.00 e. The minimum atomic E-state index is -4.89. The van der Waals surface area contributed by atoms with Gasteiger partial charge in [-0.3, -0.25) is 4.79 Å². The maximum absolute atomic E-state index is 12.2. The van der Waals surface area contributed by atoms with Crippen LogP contribution in [0.1, 0.15) is 43.7 Å². The van der Waals surface area contributed by atoms with Gasteiger partial charge in [0.1, 0.15) is 29.0 Å². The monoisotopic (exact) mass is 1120 g/mol. The van der Waals surface area contributed by atoms with Crippen LogP contribution >= 0.6 is 0 Å². The Kier molecular flexibility index (Phi) is 32.4. The maximum atomic E-state index is 12.2. The molecule has 0 saturated heterocycles. The van der Waals surface area contributed by atoms with Gasteiger partial charge in [0.25, 0.3) is 0 Å². The minimum Gasteiger partial charge on any atom is -0.748 e. The Morgan fingerprint density at radius 2 is 1.26 bits per heavy atom. The van der Waals surface area contributed by atoms with Crippen LogP contribution in [0.25, 0.3) is 17.4 Å². The van der Waals surface area contributed by atoms with Gasteiger partial charge in [0.2, 0.25) is 5.36 Å². The molecule has 27 heteroatoms. The molecule has 0 spiro atoms. The van der Waals surface area contributed by atoms with Gasteiger partial charge in [0.05, 0.1) is 136 Å². The Balaban J connectivity index is 0.00000937. The van der Waals surface area contributed by atoms with Crippen molar-refractivity contribution in [1.29, 1.82) is 0 Å². The molecule has 1 aliphatic carbocycles. The molecule has 2 aliphatic heterocycles. The zero-order chi connectivity index (χ0) is 52.5. The number of hydrogen-bond donors (Lipinski definition) is 1. The molecule has 74 heavy (non-hydrogen) atoms. The third-order valence-electron chi connectivity index (χ3n) is 11.2. The van der Waals surface area contributed by atoms with Crippen LogP contribution in [0.2, 0.25) is 0 Å². The number of carboxylic acids is 1. The molecule has 0 saturated carbocycles. The Labute approximate surface area is 478 Å². The molecule has 1 unspecified atom stereocenters. The molecule has 1 N–H and O–H groups in total. The Morgan fingerprint density at radius 1 is 0.703 bits per heavy atom. The first-order valence-electron chi connectivity index (χ1n) is 23.3. The van der Waals surface area contributed by atoms with Crippen molar-refractivity contribution < 1.29 is 150 Å². The molecule has 4 rings (SSSR count). The summed E-state index contributed by atoms with van der Waals surface area (Å²) in [6.07, 6.45) is 6.93. The van der Waals surface area contributed by atoms with Crippen molar-refractivity contribution in [3.8, 4) is 11.3 Å². The van der Waals surface area contributed by atoms with Gasteiger partial charge in [0.15, 0.2) is 6.54 Å². The quantitative estimate of drug-likeness (QED) is 0.0249. The summed E-state index contributed by atoms with van der Waals surface area (Å²) >= 11 is 0. The van der Waals surface area contributed by atoms with E-state index in [0.717, 1.165) is 5.56 Å². The molecular weight excluding hydrogens is 1050 g/mol. The van der Waals surface area contributed by atoms with E-state index in [9.17, 15) is 43.7 Å². The number of anilines is 1. The smallest absolute Gasteiger partial charge is 0.748 e. The number of benzene rings is 2. The average Bonchev–Trinajstić information content (AvgIpc) is 3.54. The Bertz CT molecular complexity index is 2600. The van der Waals surface area contributed by atoms with Gasteiger partial charge < -0.3 is 66.0 Å². The van der Waals surface area contributed by atoms with Gasteiger partial charge in [-0.1, -0.05) is 12.2 Å². The van der Waals surface area contributed by atoms with Crippen molar-refractivity contribution in [3.05, 3.63) is 83.1 Å². The van der Waals surface area contributed by atoms with Crippen LogP contribution in [-0.4, -0.2) is 187 Å². The average molecular weight is 1120 g/mol. The van der Waals surface area contributed by atoms with Crippen LogP contribution in [0.4, 0.5) is 5.69 Å². The van der Waals surface area contributed by atoms with E-state index in [1.165, 1.54) is 24.5 Å². The first kappa shape index (κ1) is 67.9. The number of carboxylic acid groups (broad SMARTS) is 1. The molecule has 22 nitrogen and oxygen atoms in total. The van der Waals surface area contributed by atoms with Gasteiger partial charge in [0, 0.05) is 60.0 Å². The normalized spacial score (nSPS) is 15.9. The SMILES string of the molecule is COCCOCCOCCOCC[N+](CCCS(=O)(=O)[O-])=c1ccc2c(/C=C/C=C3/N(CCOCCOCCOCCOCCC(=O)O)c4ccc(S(=O)(=O)[O-])cc4C3(C)CCCS(=O)(=O)[O-])ccoc-2c1.[Na+].[Na+]. The summed E-state index contributed by atoms with van der Waals surface area (Å²) in [4.78, 5) is 12.0. The zero-order valence-corrected chi connectivity index (χ0v) is 49.1. The second kappa shape index (κ2) is 35.3. The van der Waals surface area contributed by atoms with Crippen molar-refractivity contribution in [1.82, 2.24) is 4.58 Å². The Hall–Kier alpha value is -2.19. The number of rotatable bonds is 38. The van der Waals surface area contributed by atoms with Crippen molar-refractivity contribution >= 4 is 48.1 Å². The number of aliphatic carboxylic acids is 1. The van der Waals surface area contributed by atoms with Crippen LogP contribution < -0.4 is 73.9 Å². The summed E-state index contributed by atoms with van der Waals surface area (Å²) in [6, 6.07) is 11.3. The van der Waals surface area contributed by atoms with Gasteiger partial charge in [-0.15, -0.1) is 0 Å². The Morgan fingerprint density at radius 3 is 1.82 bits per heavy atom. The van der Waals surface area contributed by atoms with Gasteiger partial charge in [-0.2, -0.15) is 0 Å². The summed E-state index contributed by atoms with van der Waals surface area (Å²) < 4.78 is 158. The predicted molar refractivity (Wildman–Crippen MR) is 259 cm³/mol. The van der Waals surface area contributed by atoms with Crippen LogP contribution in [-0.2, 0) is 78.5 Å².